The molecule has 19 heavy (non-hydrogen) atoms. The maximum Gasteiger partial charge on any atom is 0.276 e. The fraction of sp³-hybridized carbons (Fsp3) is 0.250. The largest absolute Gasteiger partial charge is 0.495 e. The first-order valence-electron chi connectivity index (χ1n) is 5.42. The standard InChI is InChI=1S/C12H12ClN3O3/c1-17-9-4-3-8(14-6-9)7-19-12-10(18-2)5-11(13)15-16-12/h3-6H,7H2,1-2H3. The lowest BCUT2D eigenvalue weighted by Gasteiger charge is -2.08. The number of methoxy groups -OCH3 is 2. The van der Waals surface area contributed by atoms with Gasteiger partial charge in [0, 0.05) is 6.07 Å². The Morgan fingerprint density at radius 2 is 2.00 bits per heavy atom. The van der Waals surface area contributed by atoms with Crippen molar-refractivity contribution >= 4 is 11.6 Å². The minimum atomic E-state index is 0.242. The van der Waals surface area contributed by atoms with Crippen LogP contribution >= 0.6 is 11.6 Å². The van der Waals surface area contributed by atoms with Crippen LogP contribution in [0.2, 0.25) is 5.15 Å². The summed E-state index contributed by atoms with van der Waals surface area (Å²) in [5.74, 6) is 1.38. The predicted molar refractivity (Wildman–Crippen MR) is 68.7 cm³/mol. The van der Waals surface area contributed by atoms with E-state index >= 15 is 0 Å². The number of halogens is 1. The monoisotopic (exact) mass is 281 g/mol. The van der Waals surface area contributed by atoms with E-state index in [-0.39, 0.29) is 17.6 Å². The van der Waals surface area contributed by atoms with Gasteiger partial charge in [0.05, 0.1) is 26.1 Å². The van der Waals surface area contributed by atoms with Crippen LogP contribution in [0.25, 0.3) is 0 Å². The Balaban J connectivity index is 2.05. The lowest BCUT2D eigenvalue weighted by atomic mass is 10.3. The van der Waals surface area contributed by atoms with Gasteiger partial charge >= 0.3 is 0 Å². The number of hydrogen-bond acceptors (Lipinski definition) is 6. The second kappa shape index (κ2) is 6.19. The van der Waals surface area contributed by atoms with Gasteiger partial charge in [-0.05, 0) is 12.1 Å². The normalized spacial score (nSPS) is 10.1. The highest BCUT2D eigenvalue weighted by Gasteiger charge is 2.08. The van der Waals surface area contributed by atoms with Gasteiger partial charge in [-0.15, -0.1) is 10.2 Å². The molecule has 2 rings (SSSR count). The van der Waals surface area contributed by atoms with E-state index in [0.717, 1.165) is 5.69 Å². The minimum absolute atomic E-state index is 0.242. The highest BCUT2D eigenvalue weighted by atomic mass is 35.5. The maximum absolute atomic E-state index is 5.71. The Morgan fingerprint density at radius 3 is 2.63 bits per heavy atom. The highest BCUT2D eigenvalue weighted by molar-refractivity contribution is 6.29. The number of nitrogens with zero attached hydrogens (tertiary/aromatic N) is 3. The third kappa shape index (κ3) is 3.45. The molecule has 6 nitrogen and oxygen atoms in total. The summed E-state index contributed by atoms with van der Waals surface area (Å²) in [6, 6.07) is 5.14. The van der Waals surface area contributed by atoms with E-state index in [9.17, 15) is 0 Å². The Morgan fingerprint density at radius 1 is 1.16 bits per heavy atom. The molecule has 2 aromatic rings. The van der Waals surface area contributed by atoms with Crippen LogP contribution in [0.5, 0.6) is 17.4 Å². The Bertz CT molecular complexity index is 548. The molecule has 0 saturated heterocycles. The maximum atomic E-state index is 5.71. The van der Waals surface area contributed by atoms with Gasteiger partial charge < -0.3 is 14.2 Å². The van der Waals surface area contributed by atoms with Crippen molar-refractivity contribution in [3.05, 3.63) is 35.2 Å². The topological polar surface area (TPSA) is 66.4 Å². The molecule has 0 fully saturated rings. The molecule has 2 heterocycles. The molecular formula is C12H12ClN3O3. The lowest BCUT2D eigenvalue weighted by Crippen LogP contribution is -2.02. The molecule has 0 aliphatic heterocycles. The van der Waals surface area contributed by atoms with E-state index in [1.54, 1.807) is 25.4 Å². The molecule has 0 bridgehead atoms. The van der Waals surface area contributed by atoms with Gasteiger partial charge in [0.1, 0.15) is 12.4 Å². The molecule has 0 radical (unpaired) electrons. The van der Waals surface area contributed by atoms with Crippen molar-refractivity contribution < 1.29 is 14.2 Å². The van der Waals surface area contributed by atoms with E-state index in [2.05, 4.69) is 15.2 Å². The lowest BCUT2D eigenvalue weighted by molar-refractivity contribution is 0.265. The summed E-state index contributed by atoms with van der Waals surface area (Å²) in [6.45, 7) is 0.247. The summed E-state index contributed by atoms with van der Waals surface area (Å²) in [6.07, 6.45) is 1.61. The fourth-order valence-electron chi connectivity index (χ4n) is 1.35. The second-order valence-corrected chi connectivity index (χ2v) is 3.91. The van der Waals surface area contributed by atoms with E-state index < -0.39 is 0 Å². The summed E-state index contributed by atoms with van der Waals surface area (Å²) >= 11 is 5.71. The molecule has 0 N–H and O–H groups in total. The Hall–Kier alpha value is -2.08. The van der Waals surface area contributed by atoms with Crippen LogP contribution in [0.3, 0.4) is 0 Å². The van der Waals surface area contributed by atoms with Crippen molar-refractivity contribution in [3.63, 3.8) is 0 Å². The van der Waals surface area contributed by atoms with Gasteiger partial charge in [-0.1, -0.05) is 11.6 Å². The number of pyridine rings is 1. The second-order valence-electron chi connectivity index (χ2n) is 3.52. The predicted octanol–water partition coefficient (Wildman–Crippen LogP) is 2.12. The molecule has 0 aliphatic rings. The molecule has 7 heteroatoms. The van der Waals surface area contributed by atoms with Gasteiger partial charge in [0.2, 0.25) is 0 Å². The van der Waals surface area contributed by atoms with Gasteiger partial charge in [-0.25, -0.2) is 0 Å². The van der Waals surface area contributed by atoms with Gasteiger partial charge in [-0.2, -0.15) is 0 Å². The van der Waals surface area contributed by atoms with Crippen molar-refractivity contribution in [3.8, 4) is 17.4 Å². The van der Waals surface area contributed by atoms with E-state index in [4.69, 9.17) is 25.8 Å². The van der Waals surface area contributed by atoms with E-state index in [1.807, 2.05) is 0 Å². The summed E-state index contributed by atoms with van der Waals surface area (Å²) in [7, 11) is 3.09. The van der Waals surface area contributed by atoms with Crippen LogP contribution in [-0.2, 0) is 6.61 Å². The van der Waals surface area contributed by atoms with E-state index in [0.29, 0.717) is 11.5 Å². The molecular weight excluding hydrogens is 270 g/mol. The number of rotatable bonds is 5. The first-order valence-corrected chi connectivity index (χ1v) is 5.79. The third-order valence-corrected chi connectivity index (χ3v) is 2.49. The SMILES string of the molecule is COc1ccc(COc2nnc(Cl)cc2OC)nc1. The zero-order valence-electron chi connectivity index (χ0n) is 10.5. The Labute approximate surface area is 115 Å². The molecule has 0 amide bonds. The average Bonchev–Trinajstić information content (AvgIpc) is 2.46. The smallest absolute Gasteiger partial charge is 0.276 e. The molecule has 0 aromatic carbocycles. The molecule has 0 unspecified atom stereocenters. The first kappa shape index (κ1) is 13.4. The van der Waals surface area contributed by atoms with Crippen molar-refractivity contribution in [1.82, 2.24) is 15.2 Å². The van der Waals surface area contributed by atoms with Crippen molar-refractivity contribution in [2.24, 2.45) is 0 Å². The van der Waals surface area contributed by atoms with E-state index in [1.165, 1.54) is 13.2 Å². The molecule has 0 saturated carbocycles. The van der Waals surface area contributed by atoms with Crippen LogP contribution in [0.4, 0.5) is 0 Å². The Kier molecular flexibility index (Phi) is 4.35. The number of aromatic nitrogens is 3. The molecule has 100 valence electrons. The summed E-state index contributed by atoms with van der Waals surface area (Å²) in [5.41, 5.74) is 0.736. The van der Waals surface area contributed by atoms with Crippen LogP contribution in [0, 0.1) is 0 Å². The van der Waals surface area contributed by atoms with Crippen LogP contribution < -0.4 is 14.2 Å². The summed E-state index contributed by atoms with van der Waals surface area (Å²) in [5, 5.41) is 7.76. The number of ether oxygens (including phenoxy) is 3. The van der Waals surface area contributed by atoms with Gasteiger partial charge in [-0.3, -0.25) is 4.98 Å². The minimum Gasteiger partial charge on any atom is -0.495 e. The molecule has 0 atom stereocenters. The number of hydrogen-bond donors (Lipinski definition) is 0. The van der Waals surface area contributed by atoms with Crippen molar-refractivity contribution in [1.29, 1.82) is 0 Å². The molecule has 0 aliphatic carbocycles. The third-order valence-electron chi connectivity index (χ3n) is 2.31. The highest BCUT2D eigenvalue weighted by Crippen LogP contribution is 2.26. The molecule has 0 spiro atoms. The average molecular weight is 282 g/mol. The van der Waals surface area contributed by atoms with Crippen molar-refractivity contribution in [2.75, 3.05) is 14.2 Å². The van der Waals surface area contributed by atoms with Crippen molar-refractivity contribution in [2.45, 2.75) is 6.61 Å². The zero-order chi connectivity index (χ0) is 13.7. The quantitative estimate of drug-likeness (QED) is 0.836. The zero-order valence-corrected chi connectivity index (χ0v) is 11.2. The van der Waals surface area contributed by atoms with Crippen LogP contribution in [0.1, 0.15) is 5.69 Å². The summed E-state index contributed by atoms with van der Waals surface area (Å²) < 4.78 is 15.6. The van der Waals surface area contributed by atoms with Crippen LogP contribution in [0.15, 0.2) is 24.4 Å². The molecule has 2 aromatic heterocycles. The van der Waals surface area contributed by atoms with Gasteiger partial charge in [0.25, 0.3) is 5.88 Å². The first-order chi connectivity index (χ1) is 9.22. The summed E-state index contributed by atoms with van der Waals surface area (Å²) in [4.78, 5) is 4.17. The fourth-order valence-corrected chi connectivity index (χ4v) is 1.48. The van der Waals surface area contributed by atoms with Gasteiger partial charge in [0.15, 0.2) is 10.9 Å². The van der Waals surface area contributed by atoms with Crippen LogP contribution in [-0.4, -0.2) is 29.4 Å².